The maximum atomic E-state index is 5.51. The molecule has 0 aliphatic rings. The molecule has 104 valence electrons. The third-order valence-electron chi connectivity index (χ3n) is 2.97. The van der Waals surface area contributed by atoms with Crippen LogP contribution in [0, 0.1) is 0 Å². The van der Waals surface area contributed by atoms with Gasteiger partial charge in [-0.15, -0.1) is 0 Å². The minimum Gasteiger partial charge on any atom is -0.468 e. The lowest BCUT2D eigenvalue weighted by molar-refractivity contribution is 0.232. The minimum atomic E-state index is 0.802. The Morgan fingerprint density at radius 1 is 1.22 bits per heavy atom. The fraction of sp³-hybridized carbons (Fsp3) is 0.714. The summed E-state index contributed by atoms with van der Waals surface area (Å²) in [4.78, 5) is 4.72. The summed E-state index contributed by atoms with van der Waals surface area (Å²) in [5, 5.41) is 3.15. The van der Waals surface area contributed by atoms with Crippen LogP contribution in [0.25, 0.3) is 0 Å². The zero-order chi connectivity index (χ0) is 13.4. The zero-order valence-electron chi connectivity index (χ0n) is 12.2. The molecule has 0 radical (unpaired) electrons. The lowest BCUT2D eigenvalue weighted by Gasteiger charge is -2.23. The van der Waals surface area contributed by atoms with Crippen molar-refractivity contribution in [2.45, 2.75) is 26.4 Å². The molecule has 0 aromatic carbocycles. The molecule has 0 atom stereocenters. The predicted octanol–water partition coefficient (Wildman–Crippen LogP) is 1.77. The van der Waals surface area contributed by atoms with Crippen LogP contribution in [-0.4, -0.2) is 50.6 Å². The molecule has 0 aliphatic heterocycles. The standard InChI is InChI=1S/C14H27N3O/c1-5-7-17(9-8-16(3)4)12-13-6-10-18-14(13)11-15-2/h6,10,15H,5,7-9,11-12H2,1-4H3. The van der Waals surface area contributed by atoms with Gasteiger partial charge in [-0.3, -0.25) is 4.90 Å². The Labute approximate surface area is 111 Å². The lowest BCUT2D eigenvalue weighted by atomic mass is 10.2. The number of nitrogens with zero attached hydrogens (tertiary/aromatic N) is 2. The number of furan rings is 1. The van der Waals surface area contributed by atoms with E-state index in [-0.39, 0.29) is 0 Å². The van der Waals surface area contributed by atoms with Crippen LogP contribution in [-0.2, 0) is 13.1 Å². The van der Waals surface area contributed by atoms with Crippen molar-refractivity contribution in [3.8, 4) is 0 Å². The first-order valence-corrected chi connectivity index (χ1v) is 6.74. The molecule has 18 heavy (non-hydrogen) atoms. The molecule has 1 aromatic rings. The maximum absolute atomic E-state index is 5.51. The Morgan fingerprint density at radius 2 is 2.00 bits per heavy atom. The van der Waals surface area contributed by atoms with E-state index in [1.165, 1.54) is 12.0 Å². The molecule has 0 aliphatic carbocycles. The second-order valence-corrected chi connectivity index (χ2v) is 4.98. The van der Waals surface area contributed by atoms with Gasteiger partial charge in [-0.05, 0) is 40.2 Å². The molecule has 0 unspecified atom stereocenters. The normalized spacial score (nSPS) is 11.7. The van der Waals surface area contributed by atoms with Gasteiger partial charge in [-0.25, -0.2) is 0 Å². The topological polar surface area (TPSA) is 31.6 Å². The Bertz CT molecular complexity index is 323. The largest absolute Gasteiger partial charge is 0.468 e. The molecule has 1 rings (SSSR count). The Balaban J connectivity index is 2.55. The quantitative estimate of drug-likeness (QED) is 0.727. The second-order valence-electron chi connectivity index (χ2n) is 4.98. The van der Waals surface area contributed by atoms with E-state index in [1.807, 2.05) is 7.05 Å². The highest BCUT2D eigenvalue weighted by Crippen LogP contribution is 2.13. The number of rotatable bonds is 9. The van der Waals surface area contributed by atoms with Crippen LogP contribution < -0.4 is 5.32 Å². The molecule has 0 amide bonds. The third kappa shape index (κ3) is 5.21. The summed E-state index contributed by atoms with van der Waals surface area (Å²) in [5.74, 6) is 1.06. The van der Waals surface area contributed by atoms with Crippen LogP contribution in [0.5, 0.6) is 0 Å². The fourth-order valence-corrected chi connectivity index (χ4v) is 1.99. The summed E-state index contributed by atoms with van der Waals surface area (Å²) in [7, 11) is 6.19. The van der Waals surface area contributed by atoms with Gasteiger partial charge < -0.3 is 14.6 Å². The molecule has 1 heterocycles. The number of nitrogens with one attached hydrogen (secondary N) is 1. The SMILES string of the molecule is CCCN(CCN(C)C)Cc1ccoc1CNC. The lowest BCUT2D eigenvalue weighted by Crippen LogP contribution is -2.32. The third-order valence-corrected chi connectivity index (χ3v) is 2.97. The fourth-order valence-electron chi connectivity index (χ4n) is 1.99. The Kier molecular flexibility index (Phi) is 7.01. The number of hydrogen-bond donors (Lipinski definition) is 1. The van der Waals surface area contributed by atoms with E-state index >= 15 is 0 Å². The predicted molar refractivity (Wildman–Crippen MR) is 75.6 cm³/mol. The first-order chi connectivity index (χ1) is 8.67. The van der Waals surface area contributed by atoms with Crippen LogP contribution in [0.15, 0.2) is 16.7 Å². The van der Waals surface area contributed by atoms with E-state index in [0.29, 0.717) is 0 Å². The molecule has 0 saturated carbocycles. The summed E-state index contributed by atoms with van der Waals surface area (Å²) >= 11 is 0. The molecule has 4 nitrogen and oxygen atoms in total. The summed E-state index contributed by atoms with van der Waals surface area (Å²) in [6.45, 7) is 7.35. The molecular weight excluding hydrogens is 226 g/mol. The van der Waals surface area contributed by atoms with Crippen LogP contribution in [0.4, 0.5) is 0 Å². The summed E-state index contributed by atoms with van der Waals surface area (Å²) < 4.78 is 5.51. The molecule has 0 bridgehead atoms. The van der Waals surface area contributed by atoms with E-state index in [9.17, 15) is 0 Å². The molecule has 0 saturated heterocycles. The van der Waals surface area contributed by atoms with Gasteiger partial charge in [0.15, 0.2) is 0 Å². The highest BCUT2D eigenvalue weighted by Gasteiger charge is 2.10. The highest BCUT2D eigenvalue weighted by atomic mass is 16.3. The van der Waals surface area contributed by atoms with Gasteiger partial charge in [0.05, 0.1) is 12.8 Å². The summed E-state index contributed by atoms with van der Waals surface area (Å²) in [6, 6.07) is 2.09. The van der Waals surface area contributed by atoms with Crippen molar-refractivity contribution in [1.29, 1.82) is 0 Å². The Hall–Kier alpha value is -0.840. The number of likely N-dealkylation sites (N-methyl/N-ethyl adjacent to an activating group) is 1. The molecule has 1 aromatic heterocycles. The maximum Gasteiger partial charge on any atom is 0.122 e. The van der Waals surface area contributed by atoms with Crippen molar-refractivity contribution in [2.75, 3.05) is 40.8 Å². The second kappa shape index (κ2) is 8.29. The monoisotopic (exact) mass is 253 g/mol. The van der Waals surface area contributed by atoms with Crippen molar-refractivity contribution in [3.63, 3.8) is 0 Å². The van der Waals surface area contributed by atoms with Gasteiger partial charge in [-0.1, -0.05) is 6.92 Å². The average molecular weight is 253 g/mol. The highest BCUT2D eigenvalue weighted by molar-refractivity contribution is 5.16. The molecule has 1 N–H and O–H groups in total. The van der Waals surface area contributed by atoms with Gasteiger partial charge in [0.25, 0.3) is 0 Å². The van der Waals surface area contributed by atoms with Crippen molar-refractivity contribution in [1.82, 2.24) is 15.1 Å². The molecule has 0 spiro atoms. The summed E-state index contributed by atoms with van der Waals surface area (Å²) in [6.07, 6.45) is 2.98. The van der Waals surface area contributed by atoms with Gasteiger partial charge in [-0.2, -0.15) is 0 Å². The van der Waals surface area contributed by atoms with E-state index in [4.69, 9.17) is 4.42 Å². The van der Waals surface area contributed by atoms with Crippen molar-refractivity contribution < 1.29 is 4.42 Å². The van der Waals surface area contributed by atoms with E-state index < -0.39 is 0 Å². The van der Waals surface area contributed by atoms with Crippen molar-refractivity contribution in [2.24, 2.45) is 0 Å². The van der Waals surface area contributed by atoms with Gasteiger partial charge >= 0.3 is 0 Å². The van der Waals surface area contributed by atoms with E-state index in [1.54, 1.807) is 6.26 Å². The molecule has 4 heteroatoms. The van der Waals surface area contributed by atoms with Crippen LogP contribution in [0.2, 0.25) is 0 Å². The van der Waals surface area contributed by atoms with Gasteiger partial charge in [0, 0.05) is 25.2 Å². The van der Waals surface area contributed by atoms with Crippen molar-refractivity contribution >= 4 is 0 Å². The first kappa shape index (κ1) is 15.2. The van der Waals surface area contributed by atoms with Gasteiger partial charge in [0.1, 0.15) is 5.76 Å². The van der Waals surface area contributed by atoms with E-state index in [2.05, 4.69) is 42.2 Å². The van der Waals surface area contributed by atoms with Crippen molar-refractivity contribution in [3.05, 3.63) is 23.7 Å². The minimum absolute atomic E-state index is 0.802. The molecule has 0 fully saturated rings. The smallest absolute Gasteiger partial charge is 0.122 e. The van der Waals surface area contributed by atoms with E-state index in [0.717, 1.165) is 38.5 Å². The number of hydrogen-bond acceptors (Lipinski definition) is 4. The molecular formula is C14H27N3O. The zero-order valence-corrected chi connectivity index (χ0v) is 12.2. The Morgan fingerprint density at radius 3 is 2.61 bits per heavy atom. The van der Waals surface area contributed by atoms with Crippen LogP contribution >= 0.6 is 0 Å². The first-order valence-electron chi connectivity index (χ1n) is 6.74. The van der Waals surface area contributed by atoms with Crippen LogP contribution in [0.1, 0.15) is 24.7 Å². The average Bonchev–Trinajstić information content (AvgIpc) is 2.74. The van der Waals surface area contributed by atoms with Gasteiger partial charge in [0.2, 0.25) is 0 Å². The summed E-state index contributed by atoms with van der Waals surface area (Å²) in [5.41, 5.74) is 1.30. The van der Waals surface area contributed by atoms with Crippen LogP contribution in [0.3, 0.4) is 0 Å².